The molecule has 130 valence electrons. The smallest absolute Gasteiger partial charge is 0.281 e. The van der Waals surface area contributed by atoms with Crippen molar-refractivity contribution >= 4 is 11.4 Å². The SMILES string of the molecule is Cc1ccc(C)c(N=Nc2c(C)c(C#N)c(O)n(CCCO)c2=O)c1. The Morgan fingerprint density at radius 2 is 1.96 bits per heavy atom. The fourth-order valence-corrected chi connectivity index (χ4v) is 2.42. The zero-order valence-electron chi connectivity index (χ0n) is 14.4. The lowest BCUT2D eigenvalue weighted by Crippen LogP contribution is -2.22. The molecule has 0 fully saturated rings. The molecule has 0 spiro atoms. The zero-order valence-corrected chi connectivity index (χ0v) is 14.4. The van der Waals surface area contributed by atoms with E-state index in [1.807, 2.05) is 38.1 Å². The fourth-order valence-electron chi connectivity index (χ4n) is 2.42. The van der Waals surface area contributed by atoms with Crippen molar-refractivity contribution in [3.8, 4) is 11.9 Å². The second-order valence-electron chi connectivity index (χ2n) is 5.81. The Bertz CT molecular complexity index is 923. The maximum absolute atomic E-state index is 12.6. The van der Waals surface area contributed by atoms with Gasteiger partial charge in [0.2, 0.25) is 5.88 Å². The standard InChI is InChI=1S/C18H20N4O3/c1-11-5-6-12(2)15(9-11)20-21-16-13(3)14(10-19)17(24)22(18(16)25)7-4-8-23/h5-6,9,23-24H,4,7-8H2,1-3H3. The quantitative estimate of drug-likeness (QED) is 0.814. The molecule has 0 atom stereocenters. The van der Waals surface area contributed by atoms with Crippen molar-refractivity contribution in [3.63, 3.8) is 0 Å². The van der Waals surface area contributed by atoms with Gasteiger partial charge >= 0.3 is 0 Å². The summed E-state index contributed by atoms with van der Waals surface area (Å²) in [5, 5.41) is 36.6. The Labute approximate surface area is 145 Å². The van der Waals surface area contributed by atoms with Gasteiger partial charge in [-0.25, -0.2) is 0 Å². The fraction of sp³-hybridized carbons (Fsp3) is 0.333. The number of hydrogen-bond donors (Lipinski definition) is 2. The minimum absolute atomic E-state index is 0.00759. The van der Waals surface area contributed by atoms with Crippen LogP contribution in [0.5, 0.6) is 5.88 Å². The van der Waals surface area contributed by atoms with Crippen LogP contribution in [-0.4, -0.2) is 21.4 Å². The number of aliphatic hydroxyl groups excluding tert-OH is 1. The van der Waals surface area contributed by atoms with E-state index in [0.29, 0.717) is 5.69 Å². The van der Waals surface area contributed by atoms with Gasteiger partial charge in [-0.1, -0.05) is 12.1 Å². The molecular weight excluding hydrogens is 320 g/mol. The number of nitrogens with zero attached hydrogens (tertiary/aromatic N) is 4. The molecule has 0 aliphatic heterocycles. The Morgan fingerprint density at radius 1 is 1.24 bits per heavy atom. The highest BCUT2D eigenvalue weighted by molar-refractivity contribution is 5.57. The van der Waals surface area contributed by atoms with Gasteiger partial charge < -0.3 is 10.2 Å². The molecule has 7 heteroatoms. The van der Waals surface area contributed by atoms with Gasteiger partial charge in [0.05, 0.1) is 5.69 Å². The molecule has 7 nitrogen and oxygen atoms in total. The van der Waals surface area contributed by atoms with E-state index in [1.54, 1.807) is 6.92 Å². The molecule has 0 unspecified atom stereocenters. The average Bonchev–Trinajstić information content (AvgIpc) is 2.58. The third-order valence-electron chi connectivity index (χ3n) is 3.93. The van der Waals surface area contributed by atoms with Gasteiger partial charge in [0.15, 0.2) is 5.69 Å². The Kier molecular flexibility index (Phi) is 5.67. The molecule has 0 amide bonds. The highest BCUT2D eigenvalue weighted by Gasteiger charge is 2.18. The van der Waals surface area contributed by atoms with Crippen LogP contribution in [0.2, 0.25) is 0 Å². The highest BCUT2D eigenvalue weighted by atomic mass is 16.3. The average molecular weight is 340 g/mol. The summed E-state index contributed by atoms with van der Waals surface area (Å²) < 4.78 is 1.04. The molecule has 0 radical (unpaired) electrons. The number of azo groups is 1. The molecule has 2 aromatic rings. The monoisotopic (exact) mass is 340 g/mol. The number of rotatable bonds is 5. The molecule has 25 heavy (non-hydrogen) atoms. The largest absolute Gasteiger partial charge is 0.493 e. The minimum Gasteiger partial charge on any atom is -0.493 e. The molecule has 1 aromatic heterocycles. The summed E-state index contributed by atoms with van der Waals surface area (Å²) in [7, 11) is 0. The molecule has 2 rings (SSSR count). The lowest BCUT2D eigenvalue weighted by Gasteiger charge is -2.12. The number of aryl methyl sites for hydroxylation is 2. The van der Waals surface area contributed by atoms with E-state index in [-0.39, 0.29) is 36.4 Å². The summed E-state index contributed by atoms with van der Waals surface area (Å²) in [5.74, 6) is -0.413. The Hall–Kier alpha value is -2.98. The summed E-state index contributed by atoms with van der Waals surface area (Å²) in [6.07, 6.45) is 0.273. The maximum Gasteiger partial charge on any atom is 0.281 e. The van der Waals surface area contributed by atoms with Crippen LogP contribution in [0.25, 0.3) is 0 Å². The van der Waals surface area contributed by atoms with E-state index < -0.39 is 11.4 Å². The third-order valence-corrected chi connectivity index (χ3v) is 3.93. The number of aliphatic hydroxyl groups is 1. The highest BCUT2D eigenvalue weighted by Crippen LogP contribution is 2.28. The van der Waals surface area contributed by atoms with E-state index in [9.17, 15) is 15.2 Å². The van der Waals surface area contributed by atoms with Crippen LogP contribution in [0.15, 0.2) is 33.2 Å². The predicted octanol–water partition coefficient (Wildman–Crippen LogP) is 3.15. The number of benzene rings is 1. The number of pyridine rings is 1. The molecule has 0 saturated carbocycles. The number of nitriles is 1. The van der Waals surface area contributed by atoms with Crippen LogP contribution < -0.4 is 5.56 Å². The second kappa shape index (κ2) is 7.73. The van der Waals surface area contributed by atoms with Crippen LogP contribution >= 0.6 is 0 Å². The topological polar surface area (TPSA) is 111 Å². The van der Waals surface area contributed by atoms with Crippen molar-refractivity contribution in [1.82, 2.24) is 4.57 Å². The molecule has 0 saturated heterocycles. The number of hydrogen-bond acceptors (Lipinski definition) is 6. The van der Waals surface area contributed by atoms with Gasteiger partial charge in [-0.15, -0.1) is 5.11 Å². The maximum atomic E-state index is 12.6. The van der Waals surface area contributed by atoms with Crippen LogP contribution in [0.1, 0.15) is 28.7 Å². The van der Waals surface area contributed by atoms with Crippen molar-refractivity contribution in [2.75, 3.05) is 6.61 Å². The first-order valence-electron chi connectivity index (χ1n) is 7.87. The van der Waals surface area contributed by atoms with Gasteiger partial charge in [-0.05, 0) is 44.4 Å². The summed E-state index contributed by atoms with van der Waals surface area (Å²) in [5.41, 5.74) is 2.27. The molecule has 1 aromatic carbocycles. The van der Waals surface area contributed by atoms with Crippen molar-refractivity contribution in [1.29, 1.82) is 5.26 Å². The normalized spacial score (nSPS) is 11.0. The molecule has 1 heterocycles. The van der Waals surface area contributed by atoms with Gasteiger partial charge in [-0.3, -0.25) is 9.36 Å². The minimum atomic E-state index is -0.545. The summed E-state index contributed by atoms with van der Waals surface area (Å²) in [4.78, 5) is 12.6. The van der Waals surface area contributed by atoms with E-state index in [4.69, 9.17) is 5.11 Å². The van der Waals surface area contributed by atoms with Crippen LogP contribution in [0.4, 0.5) is 11.4 Å². The van der Waals surface area contributed by atoms with Crippen molar-refractivity contribution < 1.29 is 10.2 Å². The van der Waals surface area contributed by atoms with E-state index in [1.165, 1.54) is 0 Å². The van der Waals surface area contributed by atoms with Gasteiger partial charge in [0.1, 0.15) is 11.6 Å². The Morgan fingerprint density at radius 3 is 2.60 bits per heavy atom. The first kappa shape index (κ1) is 18.4. The molecule has 0 aliphatic carbocycles. The lowest BCUT2D eigenvalue weighted by atomic mass is 10.1. The van der Waals surface area contributed by atoms with Gasteiger partial charge in [0, 0.05) is 18.7 Å². The Balaban J connectivity index is 2.61. The summed E-state index contributed by atoms with van der Waals surface area (Å²) in [6.45, 7) is 5.31. The van der Waals surface area contributed by atoms with E-state index in [2.05, 4.69) is 10.2 Å². The van der Waals surface area contributed by atoms with Gasteiger partial charge in [-0.2, -0.15) is 10.4 Å². The second-order valence-corrected chi connectivity index (χ2v) is 5.81. The third kappa shape index (κ3) is 3.75. The molecule has 0 bridgehead atoms. The molecule has 2 N–H and O–H groups in total. The first-order chi connectivity index (χ1) is 11.9. The molecule has 0 aliphatic rings. The predicted molar refractivity (Wildman–Crippen MR) is 93.6 cm³/mol. The summed E-state index contributed by atoms with van der Waals surface area (Å²) in [6, 6.07) is 7.61. The van der Waals surface area contributed by atoms with Crippen LogP contribution in [0, 0.1) is 32.1 Å². The van der Waals surface area contributed by atoms with Crippen LogP contribution in [0.3, 0.4) is 0 Å². The van der Waals surface area contributed by atoms with Gasteiger partial charge in [0.25, 0.3) is 5.56 Å². The summed E-state index contributed by atoms with van der Waals surface area (Å²) >= 11 is 0. The number of aromatic nitrogens is 1. The van der Waals surface area contributed by atoms with Crippen molar-refractivity contribution in [2.24, 2.45) is 10.2 Å². The van der Waals surface area contributed by atoms with E-state index in [0.717, 1.165) is 15.7 Å². The zero-order chi connectivity index (χ0) is 18.6. The molecular formula is C18H20N4O3. The number of aromatic hydroxyl groups is 1. The lowest BCUT2D eigenvalue weighted by molar-refractivity contribution is 0.274. The van der Waals surface area contributed by atoms with Crippen molar-refractivity contribution in [3.05, 3.63) is 50.8 Å². The first-order valence-corrected chi connectivity index (χ1v) is 7.87. The van der Waals surface area contributed by atoms with E-state index >= 15 is 0 Å². The van der Waals surface area contributed by atoms with Crippen molar-refractivity contribution in [2.45, 2.75) is 33.7 Å². The van der Waals surface area contributed by atoms with Crippen LogP contribution in [-0.2, 0) is 6.54 Å².